The summed E-state index contributed by atoms with van der Waals surface area (Å²) in [5, 5.41) is 2.97. The van der Waals surface area contributed by atoms with E-state index in [9.17, 15) is 14.4 Å². The number of benzene rings is 2. The molecule has 176 valence electrons. The van der Waals surface area contributed by atoms with E-state index in [0.717, 1.165) is 11.1 Å². The zero-order valence-corrected chi connectivity index (χ0v) is 19.7. The lowest BCUT2D eigenvalue weighted by Gasteiger charge is -2.43. The molecule has 2 heterocycles. The summed E-state index contributed by atoms with van der Waals surface area (Å²) in [6.07, 6.45) is 1.40. The van der Waals surface area contributed by atoms with Gasteiger partial charge in [-0.25, -0.2) is 9.78 Å². The van der Waals surface area contributed by atoms with E-state index in [2.05, 4.69) is 24.1 Å². The second-order valence-corrected chi connectivity index (χ2v) is 8.89. The summed E-state index contributed by atoms with van der Waals surface area (Å²) < 4.78 is 6.37. The molecule has 2 amide bonds. The number of hydrogen-bond donors (Lipinski definition) is 1. The van der Waals surface area contributed by atoms with Gasteiger partial charge in [-0.2, -0.15) is 0 Å². The van der Waals surface area contributed by atoms with Crippen molar-refractivity contribution < 1.29 is 19.1 Å². The molecule has 1 aromatic heterocycles. The molecule has 1 N–H and O–H groups in total. The second kappa shape index (κ2) is 9.13. The Morgan fingerprint density at radius 2 is 1.79 bits per heavy atom. The predicted octanol–water partition coefficient (Wildman–Crippen LogP) is 3.53. The average molecular weight is 461 g/mol. The number of nitrogens with zero attached hydrogens (tertiary/aromatic N) is 3. The average Bonchev–Trinajstić information content (AvgIpc) is 3.26. The van der Waals surface area contributed by atoms with Crippen LogP contribution >= 0.6 is 0 Å². The lowest BCUT2D eigenvalue weighted by molar-refractivity contribution is -0.126. The third kappa shape index (κ3) is 4.07. The summed E-state index contributed by atoms with van der Waals surface area (Å²) in [4.78, 5) is 45.2. The Morgan fingerprint density at radius 1 is 1.12 bits per heavy atom. The van der Waals surface area contributed by atoms with E-state index >= 15 is 0 Å². The van der Waals surface area contributed by atoms with Crippen molar-refractivity contribution in [2.24, 2.45) is 0 Å². The van der Waals surface area contributed by atoms with Crippen LogP contribution in [0.4, 0.5) is 5.69 Å². The second-order valence-electron chi connectivity index (χ2n) is 8.89. The minimum atomic E-state index is -1.26. The molecule has 8 heteroatoms. The van der Waals surface area contributed by atoms with Crippen LogP contribution in [0.25, 0.3) is 0 Å². The van der Waals surface area contributed by atoms with Crippen LogP contribution in [0.5, 0.6) is 0 Å². The van der Waals surface area contributed by atoms with Crippen LogP contribution < -0.4 is 10.2 Å². The van der Waals surface area contributed by atoms with Crippen LogP contribution in [0, 0.1) is 0 Å². The first-order valence-electron chi connectivity index (χ1n) is 11.2. The van der Waals surface area contributed by atoms with Gasteiger partial charge in [-0.1, -0.05) is 56.3 Å². The number of esters is 1. The minimum Gasteiger partial charge on any atom is -0.464 e. The highest BCUT2D eigenvalue weighted by Crippen LogP contribution is 2.34. The molecule has 1 aliphatic heterocycles. The van der Waals surface area contributed by atoms with Gasteiger partial charge >= 0.3 is 5.97 Å². The lowest BCUT2D eigenvalue weighted by Crippen LogP contribution is -2.64. The van der Waals surface area contributed by atoms with Crippen LogP contribution in [0.15, 0.2) is 60.9 Å². The number of methoxy groups -OCH3 is 1. The van der Waals surface area contributed by atoms with E-state index in [4.69, 9.17) is 4.74 Å². The van der Waals surface area contributed by atoms with Crippen molar-refractivity contribution in [3.8, 4) is 0 Å². The zero-order chi connectivity index (χ0) is 24.5. The number of fused-ring (bicyclic) bond motifs is 1. The zero-order valence-electron chi connectivity index (χ0n) is 19.7. The van der Waals surface area contributed by atoms with Gasteiger partial charge in [0.1, 0.15) is 11.2 Å². The van der Waals surface area contributed by atoms with Crippen LogP contribution in [0.2, 0.25) is 0 Å². The highest BCUT2D eigenvalue weighted by molar-refractivity contribution is 6.15. The summed E-state index contributed by atoms with van der Waals surface area (Å²) in [7, 11) is 1.24. The molecule has 0 radical (unpaired) electrons. The van der Waals surface area contributed by atoms with Crippen molar-refractivity contribution in [1.82, 2.24) is 14.9 Å². The van der Waals surface area contributed by atoms with Crippen LogP contribution in [-0.2, 0) is 22.6 Å². The maximum atomic E-state index is 13.8. The fourth-order valence-corrected chi connectivity index (χ4v) is 4.26. The van der Waals surface area contributed by atoms with E-state index < -0.39 is 17.4 Å². The van der Waals surface area contributed by atoms with Gasteiger partial charge in [0.05, 0.1) is 20.0 Å². The van der Waals surface area contributed by atoms with Gasteiger partial charge in [0.15, 0.2) is 5.69 Å². The number of hydrogen-bond acceptors (Lipinski definition) is 5. The Morgan fingerprint density at radius 3 is 2.41 bits per heavy atom. The van der Waals surface area contributed by atoms with Gasteiger partial charge in [-0.15, -0.1) is 0 Å². The van der Waals surface area contributed by atoms with Gasteiger partial charge in [-0.3, -0.25) is 14.5 Å². The molecule has 0 saturated carbocycles. The van der Waals surface area contributed by atoms with E-state index in [1.54, 1.807) is 11.5 Å². The summed E-state index contributed by atoms with van der Waals surface area (Å²) in [6, 6.07) is 17.1. The maximum absolute atomic E-state index is 13.8. The Kier molecular flexibility index (Phi) is 6.24. The van der Waals surface area contributed by atoms with Crippen LogP contribution in [0.3, 0.4) is 0 Å². The van der Waals surface area contributed by atoms with Crippen molar-refractivity contribution in [3.63, 3.8) is 0 Å². The van der Waals surface area contributed by atoms with E-state index in [-0.39, 0.29) is 23.8 Å². The molecular weight excluding hydrogens is 432 g/mol. The molecule has 0 unspecified atom stereocenters. The monoisotopic (exact) mass is 460 g/mol. The van der Waals surface area contributed by atoms with Gasteiger partial charge in [0, 0.05) is 12.2 Å². The topological polar surface area (TPSA) is 93.5 Å². The lowest BCUT2D eigenvalue weighted by atomic mass is 9.92. The molecule has 34 heavy (non-hydrogen) atoms. The molecule has 3 aromatic rings. The third-order valence-electron chi connectivity index (χ3n) is 6.20. The smallest absolute Gasteiger partial charge is 0.359 e. The van der Waals surface area contributed by atoms with Crippen molar-refractivity contribution >= 4 is 23.5 Å². The first kappa shape index (κ1) is 23.2. The Bertz CT molecular complexity index is 1220. The number of nitrogens with one attached hydrogen (secondary N) is 1. The number of carbonyl (C=O) groups is 3. The molecule has 4 rings (SSSR count). The first-order chi connectivity index (χ1) is 16.3. The molecule has 0 aliphatic carbocycles. The Balaban J connectivity index is 1.75. The molecule has 0 fully saturated rings. The van der Waals surface area contributed by atoms with Gasteiger partial charge in [0.2, 0.25) is 5.91 Å². The van der Waals surface area contributed by atoms with Gasteiger partial charge in [0.25, 0.3) is 5.91 Å². The standard InChI is InChI=1S/C26H28N4O4/c1-17(2)19-10-12-20(13-11-19)30-23(31)22-21(24(32)34-4)28-16-29(22)15-26(30,3)25(33)27-14-18-8-6-5-7-9-18/h5-13,16-17H,14-15H2,1-4H3,(H,27,33)/t26-/m0/s1. The van der Waals surface area contributed by atoms with Gasteiger partial charge in [-0.05, 0) is 36.1 Å². The predicted molar refractivity (Wildman–Crippen MR) is 128 cm³/mol. The van der Waals surface area contributed by atoms with Gasteiger partial charge < -0.3 is 14.6 Å². The summed E-state index contributed by atoms with van der Waals surface area (Å²) in [5.74, 6) is -1.18. The number of ether oxygens (including phenoxy) is 1. The summed E-state index contributed by atoms with van der Waals surface area (Å²) in [5.41, 5.74) is 1.41. The van der Waals surface area contributed by atoms with E-state index in [1.165, 1.54) is 18.3 Å². The number of rotatable bonds is 6. The van der Waals surface area contributed by atoms with Crippen molar-refractivity contribution in [3.05, 3.63) is 83.4 Å². The highest BCUT2D eigenvalue weighted by atomic mass is 16.5. The fourth-order valence-electron chi connectivity index (χ4n) is 4.26. The SMILES string of the molecule is COC(=O)c1ncn2c1C(=O)N(c1ccc(C(C)C)cc1)[C@](C)(C(=O)NCc1ccccc1)C2. The van der Waals surface area contributed by atoms with Crippen LogP contribution in [0.1, 0.15) is 58.8 Å². The quantitative estimate of drug-likeness (QED) is 0.568. The normalized spacial score (nSPS) is 17.4. The number of anilines is 1. The van der Waals surface area contributed by atoms with Crippen molar-refractivity contribution in [2.75, 3.05) is 12.0 Å². The number of imidazole rings is 1. The van der Waals surface area contributed by atoms with Crippen LogP contribution in [-0.4, -0.2) is 40.0 Å². The third-order valence-corrected chi connectivity index (χ3v) is 6.20. The molecule has 1 aliphatic rings. The van der Waals surface area contributed by atoms with E-state index in [1.807, 2.05) is 54.6 Å². The number of amides is 2. The Labute approximate surface area is 198 Å². The fraction of sp³-hybridized carbons (Fsp3) is 0.308. The minimum absolute atomic E-state index is 0.0666. The molecule has 1 atom stereocenters. The van der Waals surface area contributed by atoms with Crippen molar-refractivity contribution in [1.29, 1.82) is 0 Å². The van der Waals surface area contributed by atoms with E-state index in [0.29, 0.717) is 18.2 Å². The molecule has 0 spiro atoms. The molecule has 0 saturated heterocycles. The number of aromatic nitrogens is 2. The Hall–Kier alpha value is -3.94. The molecular formula is C26H28N4O4. The first-order valence-corrected chi connectivity index (χ1v) is 11.2. The summed E-state index contributed by atoms with van der Waals surface area (Å²) in [6.45, 7) is 6.35. The molecule has 0 bridgehead atoms. The highest BCUT2D eigenvalue weighted by Gasteiger charge is 2.49. The largest absolute Gasteiger partial charge is 0.464 e. The maximum Gasteiger partial charge on any atom is 0.359 e. The molecule has 8 nitrogen and oxygen atoms in total. The summed E-state index contributed by atoms with van der Waals surface area (Å²) >= 11 is 0. The van der Waals surface area contributed by atoms with Crippen molar-refractivity contribution in [2.45, 2.75) is 45.3 Å². The number of carbonyl (C=O) groups excluding carboxylic acids is 3. The molecule has 2 aromatic carbocycles.